The number of hydrogen-bond acceptors (Lipinski definition) is 7. The van der Waals surface area contributed by atoms with E-state index >= 15 is 0 Å². The van der Waals surface area contributed by atoms with Crippen LogP contribution in [0.1, 0.15) is 35.7 Å². The SMILES string of the molecule is CCS(=O)(=O)c1ccc(Cl)cc1CNC(=O)c1cc(OC(F)(F)F)cc(N2CCC(NS(C)(=O)=O)CC2)c1. The van der Waals surface area contributed by atoms with Crippen LogP contribution in [-0.2, 0) is 26.4 Å². The Hall–Kier alpha value is -2.55. The van der Waals surface area contributed by atoms with Gasteiger partial charge in [-0.15, -0.1) is 13.2 Å². The van der Waals surface area contributed by atoms with E-state index in [2.05, 4.69) is 14.8 Å². The number of rotatable bonds is 9. The molecule has 0 radical (unpaired) electrons. The van der Waals surface area contributed by atoms with E-state index in [0.717, 1.165) is 18.4 Å². The van der Waals surface area contributed by atoms with E-state index in [1.807, 2.05) is 0 Å². The van der Waals surface area contributed by atoms with Crippen molar-refractivity contribution in [3.63, 3.8) is 0 Å². The molecule has 2 aromatic rings. The molecule has 0 aromatic heterocycles. The summed E-state index contributed by atoms with van der Waals surface area (Å²) in [4.78, 5) is 14.7. The molecule has 38 heavy (non-hydrogen) atoms. The fourth-order valence-corrected chi connectivity index (χ4v) is 6.22. The molecule has 9 nitrogen and oxygen atoms in total. The minimum absolute atomic E-state index is 0.00915. The lowest BCUT2D eigenvalue weighted by Crippen LogP contribution is -2.44. The van der Waals surface area contributed by atoms with E-state index in [9.17, 15) is 34.8 Å². The molecule has 3 rings (SSSR count). The molecule has 1 aliphatic rings. The number of amides is 1. The Labute approximate surface area is 224 Å². The van der Waals surface area contributed by atoms with Gasteiger partial charge >= 0.3 is 6.36 Å². The van der Waals surface area contributed by atoms with Gasteiger partial charge in [0.05, 0.1) is 16.9 Å². The first-order chi connectivity index (χ1) is 17.6. The van der Waals surface area contributed by atoms with Crippen molar-refractivity contribution >= 4 is 43.1 Å². The van der Waals surface area contributed by atoms with Gasteiger partial charge in [-0.2, -0.15) is 0 Å². The molecular weight excluding hydrogens is 571 g/mol. The molecule has 1 saturated heterocycles. The van der Waals surface area contributed by atoms with Crippen LogP contribution in [0.2, 0.25) is 5.02 Å². The number of sulfonamides is 1. The van der Waals surface area contributed by atoms with Crippen LogP contribution in [0, 0.1) is 0 Å². The van der Waals surface area contributed by atoms with Crippen molar-refractivity contribution in [2.45, 2.75) is 43.6 Å². The van der Waals surface area contributed by atoms with Crippen LogP contribution < -0.4 is 19.7 Å². The Bertz CT molecular complexity index is 1390. The van der Waals surface area contributed by atoms with Gasteiger partial charge in [0.15, 0.2) is 9.84 Å². The fourth-order valence-electron chi connectivity index (χ4n) is 4.07. The summed E-state index contributed by atoms with van der Waals surface area (Å²) in [6.07, 6.45) is -3.14. The molecule has 0 saturated carbocycles. The van der Waals surface area contributed by atoms with Gasteiger partial charge < -0.3 is 15.0 Å². The van der Waals surface area contributed by atoms with Gasteiger partial charge in [-0.3, -0.25) is 4.79 Å². The van der Waals surface area contributed by atoms with Gasteiger partial charge in [-0.05, 0) is 48.7 Å². The minimum Gasteiger partial charge on any atom is -0.406 e. The molecule has 1 fully saturated rings. The Morgan fingerprint density at radius 3 is 2.34 bits per heavy atom. The lowest BCUT2D eigenvalue weighted by atomic mass is 10.0. The number of alkyl halides is 3. The first-order valence-corrected chi connectivity index (χ1v) is 15.4. The highest BCUT2D eigenvalue weighted by atomic mass is 35.5. The second kappa shape index (κ2) is 11.7. The van der Waals surface area contributed by atoms with Crippen LogP contribution in [0.3, 0.4) is 0 Å². The van der Waals surface area contributed by atoms with Crippen molar-refractivity contribution in [1.82, 2.24) is 10.0 Å². The van der Waals surface area contributed by atoms with Crippen LogP contribution >= 0.6 is 11.6 Å². The van der Waals surface area contributed by atoms with Gasteiger partial charge in [0.25, 0.3) is 5.91 Å². The molecule has 0 unspecified atom stereocenters. The van der Waals surface area contributed by atoms with Crippen molar-refractivity contribution in [3.8, 4) is 5.75 Å². The van der Waals surface area contributed by atoms with E-state index in [1.54, 1.807) is 4.90 Å². The van der Waals surface area contributed by atoms with E-state index in [0.29, 0.717) is 25.9 Å². The number of carbonyl (C=O) groups is 1. The Balaban J connectivity index is 1.84. The number of hydrogen-bond donors (Lipinski definition) is 2. The number of piperidine rings is 1. The third-order valence-corrected chi connectivity index (χ3v) is 8.63. The minimum atomic E-state index is -5.00. The molecule has 210 valence electrons. The zero-order valence-electron chi connectivity index (χ0n) is 20.5. The van der Waals surface area contributed by atoms with Gasteiger partial charge in [-0.25, -0.2) is 21.6 Å². The van der Waals surface area contributed by atoms with Crippen molar-refractivity contribution in [2.75, 3.05) is 30.0 Å². The molecule has 0 bridgehead atoms. The molecule has 0 aliphatic carbocycles. The number of nitrogens with zero attached hydrogens (tertiary/aromatic N) is 1. The molecule has 1 heterocycles. The third-order valence-electron chi connectivity index (χ3n) is 5.80. The van der Waals surface area contributed by atoms with Crippen LogP contribution in [-0.4, -0.2) is 60.2 Å². The zero-order valence-corrected chi connectivity index (χ0v) is 22.9. The third kappa shape index (κ3) is 8.48. The quantitative estimate of drug-likeness (QED) is 0.454. The number of ether oxygens (including phenoxy) is 1. The van der Waals surface area contributed by atoms with Crippen LogP contribution in [0.25, 0.3) is 0 Å². The summed E-state index contributed by atoms with van der Waals surface area (Å²) in [6, 6.07) is 7.31. The summed E-state index contributed by atoms with van der Waals surface area (Å²) >= 11 is 6.00. The molecule has 2 aromatic carbocycles. The van der Waals surface area contributed by atoms with Gasteiger partial charge in [0, 0.05) is 48.0 Å². The average molecular weight is 598 g/mol. The molecular formula is C23H27ClF3N3O6S2. The van der Waals surface area contributed by atoms with Gasteiger partial charge in [0.1, 0.15) is 5.75 Å². The van der Waals surface area contributed by atoms with Gasteiger partial charge in [-0.1, -0.05) is 18.5 Å². The summed E-state index contributed by atoms with van der Waals surface area (Å²) < 4.78 is 93.4. The van der Waals surface area contributed by atoms with Crippen LogP contribution in [0.4, 0.5) is 18.9 Å². The van der Waals surface area contributed by atoms with Crippen molar-refractivity contribution in [3.05, 3.63) is 52.5 Å². The molecule has 1 aliphatic heterocycles. The highest BCUT2D eigenvalue weighted by Crippen LogP contribution is 2.31. The van der Waals surface area contributed by atoms with Crippen molar-refractivity contribution < 1.29 is 39.5 Å². The predicted octanol–water partition coefficient (Wildman–Crippen LogP) is 3.48. The standard InChI is InChI=1S/C23H27ClF3N3O6S2/c1-3-38(34,35)21-5-4-17(24)10-16(21)14-28-22(31)15-11-19(13-20(12-15)36-23(25,26)27)30-8-6-18(7-9-30)29-37(2,32)33/h4-5,10-13,18,29H,3,6-9,14H2,1-2H3,(H,28,31). The lowest BCUT2D eigenvalue weighted by Gasteiger charge is -2.34. The summed E-state index contributed by atoms with van der Waals surface area (Å²) in [5.74, 6) is -1.53. The normalized spacial score (nSPS) is 15.4. The summed E-state index contributed by atoms with van der Waals surface area (Å²) in [5, 5.41) is 2.79. The summed E-state index contributed by atoms with van der Waals surface area (Å²) in [7, 11) is -7.04. The maximum Gasteiger partial charge on any atom is 0.573 e. The first kappa shape index (κ1) is 30.0. The molecule has 0 spiro atoms. The number of halogens is 4. The largest absolute Gasteiger partial charge is 0.573 e. The molecule has 0 atom stereocenters. The average Bonchev–Trinajstić information content (AvgIpc) is 2.80. The zero-order chi connectivity index (χ0) is 28.3. The highest BCUT2D eigenvalue weighted by Gasteiger charge is 2.32. The molecule has 2 N–H and O–H groups in total. The second-order valence-corrected chi connectivity index (χ2v) is 13.2. The number of carbonyl (C=O) groups excluding carboxylic acids is 1. The predicted molar refractivity (Wildman–Crippen MR) is 137 cm³/mol. The van der Waals surface area contributed by atoms with Crippen LogP contribution in [0.15, 0.2) is 41.3 Å². The highest BCUT2D eigenvalue weighted by molar-refractivity contribution is 7.91. The monoisotopic (exact) mass is 597 g/mol. The first-order valence-electron chi connectivity index (χ1n) is 11.5. The Morgan fingerprint density at radius 2 is 1.76 bits per heavy atom. The number of sulfone groups is 1. The van der Waals surface area contributed by atoms with E-state index in [1.165, 1.54) is 31.2 Å². The van der Waals surface area contributed by atoms with Gasteiger partial charge in [0.2, 0.25) is 10.0 Å². The Kier molecular flexibility index (Phi) is 9.22. The smallest absolute Gasteiger partial charge is 0.406 e. The maximum atomic E-state index is 13.0. The lowest BCUT2D eigenvalue weighted by molar-refractivity contribution is -0.274. The maximum absolute atomic E-state index is 13.0. The van der Waals surface area contributed by atoms with E-state index < -0.39 is 37.9 Å². The molecule has 1 amide bonds. The van der Waals surface area contributed by atoms with Crippen molar-refractivity contribution in [2.24, 2.45) is 0 Å². The fraction of sp³-hybridized carbons (Fsp3) is 0.435. The summed E-state index contributed by atoms with van der Waals surface area (Å²) in [6.45, 7) is 1.88. The van der Waals surface area contributed by atoms with Crippen LogP contribution in [0.5, 0.6) is 5.75 Å². The number of nitrogens with one attached hydrogen (secondary N) is 2. The Morgan fingerprint density at radius 1 is 1.11 bits per heavy atom. The topological polar surface area (TPSA) is 122 Å². The number of anilines is 1. The van der Waals surface area contributed by atoms with Crippen molar-refractivity contribution in [1.29, 1.82) is 0 Å². The number of benzene rings is 2. The van der Waals surface area contributed by atoms with E-state index in [-0.39, 0.29) is 45.1 Å². The van der Waals surface area contributed by atoms with E-state index in [4.69, 9.17) is 11.6 Å². The second-order valence-electron chi connectivity index (χ2n) is 8.75. The summed E-state index contributed by atoms with van der Waals surface area (Å²) in [5.41, 5.74) is 0.378. The molecule has 15 heteroatoms.